The lowest BCUT2D eigenvalue weighted by Gasteiger charge is -2.19. The van der Waals surface area contributed by atoms with Crippen LogP contribution in [-0.2, 0) is 0 Å². The number of likely N-dealkylation sites (tertiary alicyclic amines) is 1. The maximum absolute atomic E-state index is 13.0. The van der Waals surface area contributed by atoms with Crippen molar-refractivity contribution < 1.29 is 14.6 Å². The van der Waals surface area contributed by atoms with E-state index in [-0.39, 0.29) is 19.0 Å². The summed E-state index contributed by atoms with van der Waals surface area (Å²) in [6, 6.07) is 12.7. The number of aromatic nitrogens is 2. The van der Waals surface area contributed by atoms with Crippen molar-refractivity contribution in [2.75, 3.05) is 26.2 Å². The van der Waals surface area contributed by atoms with Gasteiger partial charge >= 0.3 is 5.69 Å². The lowest BCUT2D eigenvalue weighted by molar-refractivity contribution is 0.0764. The van der Waals surface area contributed by atoms with E-state index in [0.29, 0.717) is 35.4 Å². The highest BCUT2D eigenvalue weighted by molar-refractivity contribution is 5.95. The third-order valence-electron chi connectivity index (χ3n) is 5.19. The van der Waals surface area contributed by atoms with Crippen LogP contribution in [0.5, 0.6) is 5.75 Å². The first-order valence-electron chi connectivity index (χ1n) is 9.63. The van der Waals surface area contributed by atoms with Crippen LogP contribution in [0.4, 0.5) is 0 Å². The molecule has 9 nitrogen and oxygen atoms in total. The molecule has 2 aromatic carbocycles. The molecule has 0 bridgehead atoms. The first kappa shape index (κ1) is 19.9. The summed E-state index contributed by atoms with van der Waals surface area (Å²) < 4.78 is 6.83. The lowest BCUT2D eigenvalue weighted by Crippen LogP contribution is -2.37. The summed E-state index contributed by atoms with van der Waals surface area (Å²) in [5, 5.41) is 11.0. The minimum Gasteiger partial charge on any atom is -0.492 e. The van der Waals surface area contributed by atoms with Crippen molar-refractivity contribution in [2.45, 2.75) is 12.1 Å². The number of aromatic amines is 1. The van der Waals surface area contributed by atoms with Crippen molar-refractivity contribution in [3.05, 3.63) is 74.9 Å². The van der Waals surface area contributed by atoms with E-state index in [0.717, 1.165) is 0 Å². The number of hydrogen-bond acceptors (Lipinski definition) is 6. The molecule has 0 saturated carbocycles. The number of nitrogens with two attached hydrogens (primary N) is 1. The van der Waals surface area contributed by atoms with Crippen molar-refractivity contribution in [2.24, 2.45) is 5.73 Å². The number of aliphatic hydroxyl groups excluding tert-OH is 1. The molecule has 9 heteroatoms. The van der Waals surface area contributed by atoms with E-state index in [2.05, 4.69) is 4.98 Å². The van der Waals surface area contributed by atoms with Crippen molar-refractivity contribution in [3.63, 3.8) is 0 Å². The van der Waals surface area contributed by atoms with Crippen LogP contribution in [0, 0.1) is 0 Å². The maximum Gasteiger partial charge on any atom is 0.329 e. The normalized spacial score (nSPS) is 18.7. The molecule has 3 aromatic rings. The Morgan fingerprint density at radius 2 is 1.97 bits per heavy atom. The Morgan fingerprint density at radius 3 is 2.77 bits per heavy atom. The zero-order valence-corrected chi connectivity index (χ0v) is 16.2. The lowest BCUT2D eigenvalue weighted by atomic mass is 10.1. The summed E-state index contributed by atoms with van der Waals surface area (Å²) in [4.78, 5) is 41.4. The number of carbonyl (C=O) groups is 1. The van der Waals surface area contributed by atoms with E-state index in [1.807, 2.05) is 0 Å². The molecule has 2 heterocycles. The van der Waals surface area contributed by atoms with Crippen LogP contribution in [0.15, 0.2) is 58.1 Å². The number of para-hydroxylation sites is 1. The fourth-order valence-electron chi connectivity index (χ4n) is 3.81. The van der Waals surface area contributed by atoms with Crippen molar-refractivity contribution in [1.82, 2.24) is 14.5 Å². The number of H-pyrrole nitrogens is 1. The number of fused-ring (bicyclic) bond motifs is 1. The molecular formula is C21H22N4O5. The van der Waals surface area contributed by atoms with E-state index in [9.17, 15) is 19.5 Å². The Morgan fingerprint density at radius 1 is 1.17 bits per heavy atom. The summed E-state index contributed by atoms with van der Waals surface area (Å²) >= 11 is 0. The molecule has 1 aliphatic heterocycles. The molecule has 0 radical (unpaired) electrons. The molecule has 0 unspecified atom stereocenters. The maximum atomic E-state index is 13.0. The first-order valence-corrected chi connectivity index (χ1v) is 9.63. The van der Waals surface area contributed by atoms with Crippen molar-refractivity contribution >= 4 is 16.8 Å². The molecular weight excluding hydrogens is 388 g/mol. The van der Waals surface area contributed by atoms with Gasteiger partial charge in [-0.1, -0.05) is 18.2 Å². The molecule has 0 aliphatic carbocycles. The number of rotatable bonds is 5. The third kappa shape index (κ3) is 3.60. The van der Waals surface area contributed by atoms with Crippen molar-refractivity contribution in [1.29, 1.82) is 0 Å². The minimum atomic E-state index is -0.961. The number of carbonyl (C=O) groups excluding carboxylic acids is 1. The van der Waals surface area contributed by atoms with Crippen LogP contribution < -0.4 is 21.7 Å². The molecule has 156 valence electrons. The van der Waals surface area contributed by atoms with Gasteiger partial charge in [0.2, 0.25) is 0 Å². The zero-order chi connectivity index (χ0) is 21.3. The van der Waals surface area contributed by atoms with E-state index >= 15 is 0 Å². The van der Waals surface area contributed by atoms with Gasteiger partial charge in [-0.3, -0.25) is 19.1 Å². The predicted molar refractivity (Wildman–Crippen MR) is 111 cm³/mol. The van der Waals surface area contributed by atoms with Crippen LogP contribution >= 0.6 is 0 Å². The SMILES string of the molecule is NCCOc1cccc(C(=O)N2C[C@H](O)[C@@H](n3c(=O)[nH]c(=O)c4ccccc43)C2)c1. The Bertz CT molecular complexity index is 1200. The summed E-state index contributed by atoms with van der Waals surface area (Å²) in [5.74, 6) is 0.252. The first-order chi connectivity index (χ1) is 14.5. The van der Waals surface area contributed by atoms with Gasteiger partial charge in [0.25, 0.3) is 11.5 Å². The molecule has 1 aliphatic rings. The van der Waals surface area contributed by atoms with Crippen LogP contribution in [0.2, 0.25) is 0 Å². The van der Waals surface area contributed by atoms with Gasteiger partial charge in [0, 0.05) is 25.2 Å². The van der Waals surface area contributed by atoms with Crippen LogP contribution in [0.1, 0.15) is 16.4 Å². The summed E-state index contributed by atoms with van der Waals surface area (Å²) in [6.07, 6.45) is -0.961. The van der Waals surface area contributed by atoms with Crippen LogP contribution in [0.3, 0.4) is 0 Å². The number of nitrogens with zero attached hydrogens (tertiary/aromatic N) is 2. The second kappa shape index (κ2) is 8.13. The topological polar surface area (TPSA) is 131 Å². The second-order valence-corrected chi connectivity index (χ2v) is 7.16. The van der Waals surface area contributed by atoms with Crippen molar-refractivity contribution in [3.8, 4) is 5.75 Å². The molecule has 30 heavy (non-hydrogen) atoms. The van der Waals surface area contributed by atoms with Gasteiger partial charge in [-0.2, -0.15) is 0 Å². The predicted octanol–water partition coefficient (Wildman–Crippen LogP) is 0.0853. The van der Waals surface area contributed by atoms with Gasteiger partial charge in [-0.15, -0.1) is 0 Å². The smallest absolute Gasteiger partial charge is 0.329 e. The monoisotopic (exact) mass is 410 g/mol. The number of aliphatic hydroxyl groups is 1. The highest BCUT2D eigenvalue weighted by Crippen LogP contribution is 2.26. The number of hydrogen-bond donors (Lipinski definition) is 3. The summed E-state index contributed by atoms with van der Waals surface area (Å²) in [7, 11) is 0. The Balaban J connectivity index is 1.64. The number of nitrogens with one attached hydrogen (secondary N) is 1. The van der Waals surface area contributed by atoms with E-state index in [1.165, 1.54) is 9.47 Å². The quantitative estimate of drug-likeness (QED) is 0.546. The van der Waals surface area contributed by atoms with E-state index in [4.69, 9.17) is 10.5 Å². The average molecular weight is 410 g/mol. The highest BCUT2D eigenvalue weighted by Gasteiger charge is 2.37. The fraction of sp³-hybridized carbons (Fsp3) is 0.286. The standard InChI is InChI=1S/C21H22N4O5/c22-8-9-30-14-5-3-4-13(10-14)20(28)24-11-17(18(26)12-24)25-16-7-2-1-6-15(16)19(27)23-21(25)29/h1-7,10,17-18,26H,8-9,11-12,22H2,(H,23,27,29)/t17-,18-/m0/s1. The van der Waals surface area contributed by atoms with Gasteiger partial charge in [0.1, 0.15) is 12.4 Å². The van der Waals surface area contributed by atoms with Gasteiger partial charge < -0.3 is 20.5 Å². The molecule has 4 N–H and O–H groups in total. The molecule has 1 saturated heterocycles. The Kier molecular flexibility index (Phi) is 5.39. The minimum absolute atomic E-state index is 0.0667. The highest BCUT2D eigenvalue weighted by atomic mass is 16.5. The Hall–Kier alpha value is -3.43. The van der Waals surface area contributed by atoms with Crippen LogP contribution in [0.25, 0.3) is 10.9 Å². The summed E-state index contributed by atoms with van der Waals surface area (Å²) in [6.45, 7) is 0.894. The molecule has 2 atom stereocenters. The number of β-amino-alcohol motifs (C(OH)–C–C–N with tert-alkyl or cyclic N) is 1. The largest absolute Gasteiger partial charge is 0.492 e. The number of benzene rings is 2. The van der Waals surface area contributed by atoms with Gasteiger partial charge in [-0.25, -0.2) is 4.79 Å². The number of ether oxygens (including phenoxy) is 1. The molecule has 0 spiro atoms. The third-order valence-corrected chi connectivity index (χ3v) is 5.19. The van der Waals surface area contributed by atoms with Crippen LogP contribution in [-0.4, -0.2) is 57.8 Å². The Labute approximate surface area is 171 Å². The van der Waals surface area contributed by atoms with E-state index in [1.54, 1.807) is 48.5 Å². The molecule has 1 amide bonds. The van der Waals surface area contributed by atoms with Gasteiger partial charge in [0.15, 0.2) is 0 Å². The molecule has 1 aromatic heterocycles. The van der Waals surface area contributed by atoms with Gasteiger partial charge in [-0.05, 0) is 30.3 Å². The average Bonchev–Trinajstić information content (AvgIpc) is 3.13. The zero-order valence-electron chi connectivity index (χ0n) is 16.2. The summed E-state index contributed by atoms with van der Waals surface area (Å²) in [5.41, 5.74) is 5.17. The molecule has 1 fully saturated rings. The molecule has 4 rings (SSSR count). The van der Waals surface area contributed by atoms with E-state index < -0.39 is 23.4 Å². The van der Waals surface area contributed by atoms with Gasteiger partial charge in [0.05, 0.1) is 23.0 Å². The number of amides is 1. The fourth-order valence-corrected chi connectivity index (χ4v) is 3.81. The second-order valence-electron chi connectivity index (χ2n) is 7.16.